The van der Waals surface area contributed by atoms with Gasteiger partial charge in [-0.25, -0.2) is 10.4 Å². The van der Waals surface area contributed by atoms with E-state index in [1.54, 1.807) is 24.5 Å². The lowest BCUT2D eigenvalue weighted by Gasteiger charge is -2.18. The Kier molecular flexibility index (Phi) is 6.38. The van der Waals surface area contributed by atoms with Crippen LogP contribution >= 0.6 is 11.3 Å². The summed E-state index contributed by atoms with van der Waals surface area (Å²) >= 11 is 1.60. The zero-order chi connectivity index (χ0) is 24.5. The molecule has 7 nitrogen and oxygen atoms in total. The smallest absolute Gasteiger partial charge is 0.263 e. The van der Waals surface area contributed by atoms with Gasteiger partial charge in [0.25, 0.3) is 11.5 Å². The molecule has 2 unspecified atom stereocenters. The van der Waals surface area contributed by atoms with Gasteiger partial charge >= 0.3 is 0 Å². The Morgan fingerprint density at radius 1 is 1.34 bits per heavy atom. The van der Waals surface area contributed by atoms with Gasteiger partial charge in [0.05, 0.1) is 24.5 Å². The molecule has 35 heavy (non-hydrogen) atoms. The third-order valence-electron chi connectivity index (χ3n) is 6.64. The van der Waals surface area contributed by atoms with Gasteiger partial charge in [0.1, 0.15) is 16.6 Å². The van der Waals surface area contributed by atoms with E-state index in [9.17, 15) is 9.59 Å². The first kappa shape index (κ1) is 23.2. The molecule has 1 aliphatic rings. The molecule has 0 spiro atoms. The molecule has 1 N–H and O–H groups in total. The number of carbonyl (C=O) groups excluding carboxylic acids is 1. The Labute approximate surface area is 207 Å². The van der Waals surface area contributed by atoms with Crippen LogP contribution in [0.2, 0.25) is 0 Å². The van der Waals surface area contributed by atoms with Gasteiger partial charge < -0.3 is 4.74 Å². The summed E-state index contributed by atoms with van der Waals surface area (Å²) in [7, 11) is 0. The second-order valence-electron chi connectivity index (χ2n) is 9.03. The maximum Gasteiger partial charge on any atom is 0.263 e. The summed E-state index contributed by atoms with van der Waals surface area (Å²) in [6, 6.07) is 11.1. The van der Waals surface area contributed by atoms with Gasteiger partial charge in [0.15, 0.2) is 0 Å². The number of hydrogen-bond donors (Lipinski definition) is 1. The van der Waals surface area contributed by atoms with Gasteiger partial charge in [-0.1, -0.05) is 37.3 Å². The highest BCUT2D eigenvalue weighted by Gasteiger charge is 2.25. The van der Waals surface area contributed by atoms with Crippen LogP contribution in [-0.2, 0) is 17.6 Å². The molecule has 0 radical (unpaired) electrons. The number of nitrogens with zero attached hydrogens (tertiary/aromatic N) is 3. The molecule has 2 heterocycles. The number of thiophene rings is 1. The number of hydrogen-bond acceptors (Lipinski definition) is 6. The van der Waals surface area contributed by atoms with E-state index in [1.165, 1.54) is 15.8 Å². The number of amides is 1. The van der Waals surface area contributed by atoms with E-state index >= 15 is 0 Å². The topological polar surface area (TPSA) is 85.6 Å². The summed E-state index contributed by atoms with van der Waals surface area (Å²) in [5, 5.41) is 6.90. The molecule has 1 aliphatic carbocycles. The molecule has 2 aromatic heterocycles. The summed E-state index contributed by atoms with van der Waals surface area (Å²) in [6.45, 7) is 6.37. The first-order chi connectivity index (χ1) is 17.0. The van der Waals surface area contributed by atoms with E-state index in [0.29, 0.717) is 23.7 Å². The molecule has 4 aromatic rings. The first-order valence-corrected chi connectivity index (χ1v) is 12.8. The molecule has 5 rings (SSSR count). The highest BCUT2D eigenvalue weighted by molar-refractivity contribution is 7.18. The van der Waals surface area contributed by atoms with Crippen LogP contribution < -0.4 is 15.7 Å². The normalized spacial score (nSPS) is 16.5. The summed E-state index contributed by atoms with van der Waals surface area (Å²) < 4.78 is 7.17. The van der Waals surface area contributed by atoms with Gasteiger partial charge in [-0.15, -0.1) is 11.3 Å². The van der Waals surface area contributed by atoms with Crippen LogP contribution in [0.4, 0.5) is 0 Å². The average Bonchev–Trinajstić information content (AvgIpc) is 3.23. The number of aryl methyl sites for hydroxylation is 1. The van der Waals surface area contributed by atoms with Crippen LogP contribution in [0, 0.1) is 5.92 Å². The van der Waals surface area contributed by atoms with Gasteiger partial charge in [0, 0.05) is 10.4 Å². The zero-order valence-electron chi connectivity index (χ0n) is 20.1. The van der Waals surface area contributed by atoms with Crippen molar-refractivity contribution in [1.29, 1.82) is 0 Å². The second-order valence-corrected chi connectivity index (χ2v) is 10.1. The molecular weight excluding hydrogens is 460 g/mol. The predicted octanol–water partition coefficient (Wildman–Crippen LogP) is 4.85. The lowest BCUT2D eigenvalue weighted by Crippen LogP contribution is -2.34. The molecule has 0 fully saturated rings. The Hall–Kier alpha value is -3.52. The molecule has 2 aromatic carbocycles. The van der Waals surface area contributed by atoms with Crippen LogP contribution in [0.5, 0.6) is 5.75 Å². The molecule has 8 heteroatoms. The van der Waals surface area contributed by atoms with Gasteiger partial charge in [-0.3, -0.25) is 14.2 Å². The highest BCUT2D eigenvalue weighted by Crippen LogP contribution is 2.35. The Bertz CT molecular complexity index is 1500. The van der Waals surface area contributed by atoms with E-state index in [4.69, 9.17) is 4.74 Å². The third kappa shape index (κ3) is 4.34. The van der Waals surface area contributed by atoms with Gasteiger partial charge in [-0.2, -0.15) is 5.10 Å². The fraction of sp³-hybridized carbons (Fsp3) is 0.333. The van der Waals surface area contributed by atoms with Crippen molar-refractivity contribution in [1.82, 2.24) is 15.0 Å². The monoisotopic (exact) mass is 488 g/mol. The fourth-order valence-corrected chi connectivity index (χ4v) is 6.03. The molecule has 2 atom stereocenters. The largest absolute Gasteiger partial charge is 0.493 e. The first-order valence-electron chi connectivity index (χ1n) is 12.0. The van der Waals surface area contributed by atoms with Crippen LogP contribution in [-0.4, -0.2) is 28.3 Å². The number of aromatic nitrogens is 2. The summed E-state index contributed by atoms with van der Waals surface area (Å²) in [6.07, 6.45) is 6.00. The van der Waals surface area contributed by atoms with Crippen molar-refractivity contribution in [3.63, 3.8) is 0 Å². The molecule has 180 valence electrons. The van der Waals surface area contributed by atoms with E-state index in [1.807, 2.05) is 43.3 Å². The molecule has 0 saturated heterocycles. The van der Waals surface area contributed by atoms with E-state index in [0.717, 1.165) is 46.0 Å². The van der Waals surface area contributed by atoms with Crippen molar-refractivity contribution in [3.05, 3.63) is 69.1 Å². The average molecular weight is 489 g/mol. The number of nitrogens with one attached hydrogen (secondary N) is 1. The van der Waals surface area contributed by atoms with Gasteiger partial charge in [-0.05, 0) is 61.4 Å². The van der Waals surface area contributed by atoms with Crippen molar-refractivity contribution in [3.8, 4) is 5.75 Å². The van der Waals surface area contributed by atoms with E-state index in [-0.39, 0.29) is 11.5 Å². The maximum atomic E-state index is 13.3. The minimum absolute atomic E-state index is 0.165. The second kappa shape index (κ2) is 9.62. The number of rotatable bonds is 6. The predicted molar refractivity (Wildman–Crippen MR) is 141 cm³/mol. The summed E-state index contributed by atoms with van der Waals surface area (Å²) in [5.41, 5.74) is 4.33. The molecular formula is C27H28N4O3S. The van der Waals surface area contributed by atoms with Crippen molar-refractivity contribution in [2.24, 2.45) is 11.0 Å². The summed E-state index contributed by atoms with van der Waals surface area (Å²) in [4.78, 5) is 32.8. The molecule has 0 saturated carbocycles. The third-order valence-corrected chi connectivity index (χ3v) is 7.80. The molecule has 1 amide bonds. The number of carbonyl (C=O) groups is 1. The zero-order valence-corrected chi connectivity index (χ0v) is 20.9. The van der Waals surface area contributed by atoms with Crippen LogP contribution in [0.25, 0.3) is 21.0 Å². The van der Waals surface area contributed by atoms with E-state index in [2.05, 4.69) is 22.4 Å². The minimum Gasteiger partial charge on any atom is -0.493 e. The van der Waals surface area contributed by atoms with Crippen molar-refractivity contribution in [2.45, 2.75) is 46.1 Å². The molecule has 0 aliphatic heterocycles. The van der Waals surface area contributed by atoms with Crippen molar-refractivity contribution >= 4 is 44.4 Å². The van der Waals surface area contributed by atoms with Crippen LogP contribution in [0.15, 0.2) is 52.6 Å². The lowest BCUT2D eigenvalue weighted by atomic mass is 9.89. The molecule has 0 bridgehead atoms. The Morgan fingerprint density at radius 3 is 3.00 bits per heavy atom. The number of benzene rings is 2. The fourth-order valence-electron chi connectivity index (χ4n) is 4.69. The van der Waals surface area contributed by atoms with Crippen molar-refractivity contribution in [2.75, 3.05) is 6.61 Å². The SMILES string of the molecule is CCOc1ccc2ccccc2c1/C=N/NC(=O)C(C)n1cnc2sc3c(c2c1=O)CCC(C)C3. The standard InChI is InChI=1S/C27H28N4O3S/c1-4-34-22-12-10-18-7-5-6-8-19(18)21(22)14-29-30-25(32)17(3)31-15-28-26-24(27(31)33)20-11-9-16(2)13-23(20)35-26/h5-8,10,12,14-17H,4,9,11,13H2,1-3H3,(H,30,32)/b29-14+. The minimum atomic E-state index is -0.756. The Balaban J connectivity index is 1.40. The summed E-state index contributed by atoms with van der Waals surface area (Å²) in [5.74, 6) is 0.922. The van der Waals surface area contributed by atoms with Crippen LogP contribution in [0.3, 0.4) is 0 Å². The van der Waals surface area contributed by atoms with Crippen LogP contribution in [0.1, 0.15) is 49.2 Å². The number of ether oxygens (including phenoxy) is 1. The Morgan fingerprint density at radius 2 is 2.17 bits per heavy atom. The maximum absolute atomic E-state index is 13.3. The number of hydrazone groups is 1. The quantitative estimate of drug-likeness (QED) is 0.311. The lowest BCUT2D eigenvalue weighted by molar-refractivity contribution is -0.123. The van der Waals surface area contributed by atoms with E-state index < -0.39 is 6.04 Å². The highest BCUT2D eigenvalue weighted by atomic mass is 32.1. The van der Waals surface area contributed by atoms with Gasteiger partial charge in [0.2, 0.25) is 0 Å². The van der Waals surface area contributed by atoms with Crippen molar-refractivity contribution < 1.29 is 9.53 Å². The number of fused-ring (bicyclic) bond motifs is 4.